The minimum Gasteiger partial charge on any atom is -0.490 e. The lowest BCUT2D eigenvalue weighted by atomic mass is 10.2. The smallest absolute Gasteiger partial charge is 0.255 e. The van der Waals surface area contributed by atoms with E-state index in [9.17, 15) is 4.79 Å². The Morgan fingerprint density at radius 1 is 1.53 bits per heavy atom. The third kappa shape index (κ3) is 3.54. The number of ether oxygens (including phenoxy) is 2. The first-order chi connectivity index (χ1) is 8.08. The van der Waals surface area contributed by atoms with Crippen LogP contribution in [0.4, 0.5) is 0 Å². The zero-order valence-electron chi connectivity index (χ0n) is 9.20. The molecule has 0 aliphatic rings. The number of carbonyl (C=O) groups excluding carboxylic acids is 1. The Hall–Kier alpha value is -1.93. The maximum absolute atomic E-state index is 10.6. The number of hydrogen-bond acceptors (Lipinski definition) is 4. The highest BCUT2D eigenvalue weighted by molar-refractivity contribution is 6.32. The van der Waals surface area contributed by atoms with Gasteiger partial charge < -0.3 is 15.2 Å². The van der Waals surface area contributed by atoms with Crippen LogP contribution in [0.3, 0.4) is 0 Å². The Bertz CT molecular complexity index is 469. The summed E-state index contributed by atoms with van der Waals surface area (Å²) < 4.78 is 10.4. The summed E-state index contributed by atoms with van der Waals surface area (Å²) in [4.78, 5) is 10.6. The molecule has 0 spiro atoms. The van der Waals surface area contributed by atoms with E-state index in [4.69, 9.17) is 32.1 Å². The SMILES string of the molecule is CCOc1cc(C#N)cc(Cl)c1OCC(N)=O. The number of halogens is 1. The predicted molar refractivity (Wildman–Crippen MR) is 62.0 cm³/mol. The molecule has 0 unspecified atom stereocenters. The van der Waals surface area contributed by atoms with Crippen molar-refractivity contribution >= 4 is 17.5 Å². The highest BCUT2D eigenvalue weighted by Gasteiger charge is 2.13. The minimum absolute atomic E-state index is 0.203. The van der Waals surface area contributed by atoms with E-state index in [0.29, 0.717) is 17.9 Å². The van der Waals surface area contributed by atoms with Gasteiger partial charge in [-0.25, -0.2) is 0 Å². The Labute approximate surface area is 104 Å². The first-order valence-electron chi connectivity index (χ1n) is 4.86. The summed E-state index contributed by atoms with van der Waals surface area (Å²) in [6.07, 6.45) is 0. The van der Waals surface area contributed by atoms with Gasteiger partial charge in [-0.3, -0.25) is 4.79 Å². The first-order valence-corrected chi connectivity index (χ1v) is 5.23. The number of nitriles is 1. The van der Waals surface area contributed by atoms with E-state index in [1.165, 1.54) is 12.1 Å². The van der Waals surface area contributed by atoms with Crippen molar-refractivity contribution in [2.24, 2.45) is 5.73 Å². The largest absolute Gasteiger partial charge is 0.490 e. The minimum atomic E-state index is -0.618. The Morgan fingerprint density at radius 2 is 2.24 bits per heavy atom. The van der Waals surface area contributed by atoms with Gasteiger partial charge in [0.05, 0.1) is 23.3 Å². The zero-order valence-corrected chi connectivity index (χ0v) is 9.95. The highest BCUT2D eigenvalue weighted by atomic mass is 35.5. The molecule has 1 rings (SSSR count). The van der Waals surface area contributed by atoms with Crippen LogP contribution in [0.5, 0.6) is 11.5 Å². The standard InChI is InChI=1S/C11H11ClN2O3/c1-2-16-9-4-7(5-13)3-8(12)11(9)17-6-10(14)15/h3-4H,2,6H2,1H3,(H2,14,15). The van der Waals surface area contributed by atoms with Gasteiger partial charge >= 0.3 is 0 Å². The molecule has 2 N–H and O–H groups in total. The molecule has 5 nitrogen and oxygen atoms in total. The molecule has 17 heavy (non-hydrogen) atoms. The Balaban J connectivity index is 3.08. The van der Waals surface area contributed by atoms with Crippen molar-refractivity contribution in [1.29, 1.82) is 5.26 Å². The Morgan fingerprint density at radius 3 is 2.76 bits per heavy atom. The van der Waals surface area contributed by atoms with Gasteiger partial charge in [0.1, 0.15) is 0 Å². The van der Waals surface area contributed by atoms with Crippen molar-refractivity contribution in [1.82, 2.24) is 0 Å². The summed E-state index contributed by atoms with van der Waals surface area (Å²) in [5.41, 5.74) is 5.32. The molecule has 1 aromatic rings. The molecule has 0 radical (unpaired) electrons. The molecule has 0 saturated heterocycles. The van der Waals surface area contributed by atoms with Gasteiger partial charge in [-0.15, -0.1) is 0 Å². The lowest BCUT2D eigenvalue weighted by molar-refractivity contribution is -0.119. The first kappa shape index (κ1) is 13.1. The predicted octanol–water partition coefficient (Wildman–Crippen LogP) is 1.47. The average molecular weight is 255 g/mol. The van der Waals surface area contributed by atoms with Crippen LogP contribution in [-0.4, -0.2) is 19.1 Å². The molecule has 0 aromatic heterocycles. The Kier molecular flexibility index (Phi) is 4.61. The summed E-state index contributed by atoms with van der Waals surface area (Å²) in [5, 5.41) is 8.99. The fourth-order valence-corrected chi connectivity index (χ4v) is 1.44. The lowest BCUT2D eigenvalue weighted by Gasteiger charge is -2.12. The normalized spacial score (nSPS) is 9.47. The van der Waals surface area contributed by atoms with E-state index in [0.717, 1.165) is 0 Å². The number of benzene rings is 1. The van der Waals surface area contributed by atoms with Gasteiger partial charge in [0, 0.05) is 6.07 Å². The van der Waals surface area contributed by atoms with Gasteiger partial charge in [0.15, 0.2) is 18.1 Å². The second-order valence-corrected chi connectivity index (χ2v) is 3.49. The van der Waals surface area contributed by atoms with Crippen LogP contribution >= 0.6 is 11.6 Å². The van der Waals surface area contributed by atoms with Crippen molar-refractivity contribution in [3.8, 4) is 17.6 Å². The van der Waals surface area contributed by atoms with Crippen molar-refractivity contribution in [2.45, 2.75) is 6.92 Å². The van der Waals surface area contributed by atoms with Crippen LogP contribution in [0.2, 0.25) is 5.02 Å². The third-order valence-corrected chi connectivity index (χ3v) is 2.08. The number of amides is 1. The van der Waals surface area contributed by atoms with Crippen molar-refractivity contribution in [2.75, 3.05) is 13.2 Å². The molecule has 6 heteroatoms. The van der Waals surface area contributed by atoms with Crippen LogP contribution in [0.25, 0.3) is 0 Å². The molecule has 0 saturated carbocycles. The number of carbonyl (C=O) groups is 1. The van der Waals surface area contributed by atoms with Crippen molar-refractivity contribution in [3.05, 3.63) is 22.7 Å². The van der Waals surface area contributed by atoms with Crippen molar-refractivity contribution < 1.29 is 14.3 Å². The molecule has 0 atom stereocenters. The van der Waals surface area contributed by atoms with Gasteiger partial charge in [0.2, 0.25) is 0 Å². The zero-order chi connectivity index (χ0) is 12.8. The molecule has 0 fully saturated rings. The summed E-state index contributed by atoms with van der Waals surface area (Å²) in [5.74, 6) is -0.0861. The second-order valence-electron chi connectivity index (χ2n) is 3.09. The number of primary amides is 1. The van der Waals surface area contributed by atoms with E-state index in [2.05, 4.69) is 0 Å². The molecule has 0 heterocycles. The van der Waals surface area contributed by atoms with Crippen LogP contribution in [0, 0.1) is 11.3 Å². The maximum Gasteiger partial charge on any atom is 0.255 e. The molecule has 0 aliphatic heterocycles. The second kappa shape index (κ2) is 5.97. The number of hydrogen-bond donors (Lipinski definition) is 1. The molecule has 1 aromatic carbocycles. The summed E-state index contributed by atoms with van der Waals surface area (Å²) in [6, 6.07) is 4.87. The number of nitrogens with zero attached hydrogens (tertiary/aromatic N) is 1. The third-order valence-electron chi connectivity index (χ3n) is 1.80. The molecule has 0 aliphatic carbocycles. The summed E-state index contributed by atoms with van der Waals surface area (Å²) >= 11 is 5.92. The quantitative estimate of drug-likeness (QED) is 0.862. The topological polar surface area (TPSA) is 85.3 Å². The highest BCUT2D eigenvalue weighted by Crippen LogP contribution is 2.36. The summed E-state index contributed by atoms with van der Waals surface area (Å²) in [7, 11) is 0. The molecular formula is C11H11ClN2O3. The fourth-order valence-electron chi connectivity index (χ4n) is 1.18. The average Bonchev–Trinajstić information content (AvgIpc) is 2.27. The molecule has 1 amide bonds. The van der Waals surface area contributed by atoms with E-state index >= 15 is 0 Å². The van der Waals surface area contributed by atoms with Crippen molar-refractivity contribution in [3.63, 3.8) is 0 Å². The lowest BCUT2D eigenvalue weighted by Crippen LogP contribution is -2.20. The maximum atomic E-state index is 10.6. The monoisotopic (exact) mass is 254 g/mol. The number of rotatable bonds is 5. The molecule has 0 bridgehead atoms. The van der Waals surface area contributed by atoms with Gasteiger partial charge in [-0.2, -0.15) is 5.26 Å². The van der Waals surface area contributed by atoms with E-state index in [-0.39, 0.29) is 17.4 Å². The molecular weight excluding hydrogens is 244 g/mol. The fraction of sp³-hybridized carbons (Fsp3) is 0.273. The number of nitrogens with two attached hydrogens (primary N) is 1. The summed E-state index contributed by atoms with van der Waals surface area (Å²) in [6.45, 7) is 1.87. The van der Waals surface area contributed by atoms with Crippen LogP contribution < -0.4 is 15.2 Å². The van der Waals surface area contributed by atoms with Crippen LogP contribution in [-0.2, 0) is 4.79 Å². The van der Waals surface area contributed by atoms with Crippen LogP contribution in [0.1, 0.15) is 12.5 Å². The van der Waals surface area contributed by atoms with Crippen LogP contribution in [0.15, 0.2) is 12.1 Å². The van der Waals surface area contributed by atoms with E-state index < -0.39 is 5.91 Å². The van der Waals surface area contributed by atoms with E-state index in [1.807, 2.05) is 6.07 Å². The molecule has 90 valence electrons. The van der Waals surface area contributed by atoms with Gasteiger partial charge in [0.25, 0.3) is 5.91 Å². The van der Waals surface area contributed by atoms with Gasteiger partial charge in [-0.1, -0.05) is 11.6 Å². The van der Waals surface area contributed by atoms with E-state index in [1.54, 1.807) is 6.92 Å². The van der Waals surface area contributed by atoms with Gasteiger partial charge in [-0.05, 0) is 13.0 Å².